The van der Waals surface area contributed by atoms with Crippen LogP contribution in [0.3, 0.4) is 0 Å². The van der Waals surface area contributed by atoms with E-state index in [0.717, 1.165) is 115 Å². The van der Waals surface area contributed by atoms with Gasteiger partial charge in [-0.15, -0.1) is 0 Å². The van der Waals surface area contributed by atoms with E-state index in [0.29, 0.717) is 50.1 Å². The molecule has 0 aliphatic carbocycles. The average Bonchev–Trinajstić information content (AvgIpc) is 3.99. The summed E-state index contributed by atoms with van der Waals surface area (Å²) < 4.78 is 4.05. The maximum atomic E-state index is 7.08. The number of hydrogen-bond acceptors (Lipinski definition) is 10. The summed E-state index contributed by atoms with van der Waals surface area (Å²) in [5.41, 5.74) is 6.84. The molecule has 0 bridgehead atoms. The molecule has 0 radical (unpaired) electrons. The van der Waals surface area contributed by atoms with Crippen molar-refractivity contribution in [1.82, 2.24) is 49.3 Å². The molecular formula is C47H56Cl4N12. The van der Waals surface area contributed by atoms with Crippen LogP contribution in [0.1, 0.15) is 93.9 Å². The molecule has 4 saturated heterocycles. The number of halogens is 4. The van der Waals surface area contributed by atoms with Crippen LogP contribution in [0.5, 0.6) is 0 Å². The lowest BCUT2D eigenvalue weighted by molar-refractivity contribution is -0.00128. The highest BCUT2D eigenvalue weighted by Crippen LogP contribution is 2.41. The third-order valence-corrected chi connectivity index (χ3v) is 15.7. The van der Waals surface area contributed by atoms with Crippen molar-refractivity contribution < 1.29 is 0 Å². The Labute approximate surface area is 389 Å². The van der Waals surface area contributed by atoms with Crippen molar-refractivity contribution in [3.63, 3.8) is 0 Å². The number of fused-ring (bicyclic) bond motifs is 2. The minimum Gasteiger partial charge on any atom is -0.355 e. The Balaban J connectivity index is 0.883. The first-order chi connectivity index (χ1) is 30.4. The number of rotatable bonds is 10. The number of likely N-dealkylation sites (tertiary alicyclic amines) is 2. The van der Waals surface area contributed by atoms with Crippen molar-refractivity contribution in [2.45, 2.75) is 103 Å². The quantitative estimate of drug-likeness (QED) is 0.132. The molecule has 0 amide bonds. The first-order valence-electron chi connectivity index (χ1n) is 22.7. The van der Waals surface area contributed by atoms with Gasteiger partial charge in [0.05, 0.1) is 35.9 Å². The zero-order valence-corrected chi connectivity index (χ0v) is 39.8. The number of anilines is 2. The Morgan fingerprint density at radius 3 is 1.73 bits per heavy atom. The van der Waals surface area contributed by atoms with Gasteiger partial charge in [0.15, 0.2) is 11.3 Å². The Morgan fingerprint density at radius 2 is 1.19 bits per heavy atom. The van der Waals surface area contributed by atoms with E-state index in [-0.39, 0.29) is 12.1 Å². The monoisotopic (exact) mass is 928 g/mol. The fourth-order valence-corrected chi connectivity index (χ4v) is 12.3. The molecule has 10 rings (SSSR count). The molecule has 7 atom stereocenters. The molecule has 4 unspecified atom stereocenters. The molecule has 16 heteroatoms. The number of benzene rings is 2. The normalized spacial score (nSPS) is 24.7. The highest BCUT2D eigenvalue weighted by molar-refractivity contribution is 6.35. The van der Waals surface area contributed by atoms with Crippen LogP contribution in [0.4, 0.5) is 11.6 Å². The zero-order chi connectivity index (χ0) is 43.7. The topological polar surface area (TPSA) is 100 Å². The van der Waals surface area contributed by atoms with Gasteiger partial charge in [0, 0.05) is 70.9 Å². The number of piperidine rings is 2. The van der Waals surface area contributed by atoms with Gasteiger partial charge in [-0.05, 0) is 120 Å². The number of hydrogen-bond donors (Lipinski definition) is 0. The standard InChI is InChI=1S/C47H56Cl4N12/c1-27-25-59(17-13-39(27)58-15-6-7-16-58)43-24-53-45-30(4)57-63(47(45)55-43)41(36-11-9-33(49)21-38(36)51)22-34-12-19-61(34)40-14-18-60(26-28(40)2)42-23-52-44-29(3)56-62(46(44)54-42)31(5)35-10-8-32(48)20-37(35)50/h8-11,20-21,23-24,27-28,31,34,39-41H,6-7,12-19,22,25-26H2,1-5H3/t27-,28-,31?,34?,39+,40?,41?/m1/s1. The Bertz CT molecular complexity index is 2640. The van der Waals surface area contributed by atoms with Crippen molar-refractivity contribution >= 4 is 80.4 Å². The summed E-state index contributed by atoms with van der Waals surface area (Å²) in [6, 6.07) is 12.6. The summed E-state index contributed by atoms with van der Waals surface area (Å²) >= 11 is 26.5. The molecule has 0 saturated carbocycles. The second-order valence-corrected chi connectivity index (χ2v) is 20.3. The summed E-state index contributed by atoms with van der Waals surface area (Å²) in [6.07, 6.45) is 10.6. The third-order valence-electron chi connectivity index (χ3n) is 14.6. The lowest BCUT2D eigenvalue weighted by Crippen LogP contribution is -2.59. The van der Waals surface area contributed by atoms with Crippen LogP contribution in [-0.4, -0.2) is 113 Å². The number of aryl methyl sites for hydroxylation is 2. The summed E-state index contributed by atoms with van der Waals surface area (Å²) in [6.45, 7) is 18.1. The van der Waals surface area contributed by atoms with Crippen LogP contribution >= 0.6 is 46.4 Å². The zero-order valence-electron chi connectivity index (χ0n) is 36.7. The lowest BCUT2D eigenvalue weighted by atomic mass is 9.84. The van der Waals surface area contributed by atoms with Gasteiger partial charge in [0.2, 0.25) is 0 Å². The summed E-state index contributed by atoms with van der Waals surface area (Å²) in [5, 5.41) is 12.5. The highest BCUT2D eigenvalue weighted by Gasteiger charge is 2.41. The predicted octanol–water partition coefficient (Wildman–Crippen LogP) is 10.1. The van der Waals surface area contributed by atoms with Gasteiger partial charge in [-0.3, -0.25) is 9.80 Å². The number of nitrogens with zero attached hydrogens (tertiary/aromatic N) is 12. The number of aromatic nitrogens is 8. The van der Waals surface area contributed by atoms with E-state index in [1.54, 1.807) is 6.07 Å². The van der Waals surface area contributed by atoms with Crippen LogP contribution in [0, 0.1) is 25.7 Å². The average molecular weight is 931 g/mol. The Kier molecular flexibility index (Phi) is 12.0. The smallest absolute Gasteiger partial charge is 0.179 e. The van der Waals surface area contributed by atoms with E-state index in [4.69, 9.17) is 76.5 Å². The fraction of sp³-hybridized carbons (Fsp3) is 0.532. The Morgan fingerprint density at radius 1 is 0.651 bits per heavy atom. The maximum Gasteiger partial charge on any atom is 0.179 e. The van der Waals surface area contributed by atoms with Gasteiger partial charge in [0.25, 0.3) is 0 Å². The fourth-order valence-electron chi connectivity index (χ4n) is 11.2. The van der Waals surface area contributed by atoms with Crippen LogP contribution in [0.25, 0.3) is 22.3 Å². The van der Waals surface area contributed by atoms with Crippen molar-refractivity contribution in [3.8, 4) is 0 Å². The van der Waals surface area contributed by atoms with Gasteiger partial charge >= 0.3 is 0 Å². The summed E-state index contributed by atoms with van der Waals surface area (Å²) in [5.74, 6) is 2.74. The van der Waals surface area contributed by atoms with Crippen molar-refractivity contribution in [1.29, 1.82) is 0 Å². The van der Waals surface area contributed by atoms with Crippen LogP contribution in [0.15, 0.2) is 48.8 Å². The molecule has 4 fully saturated rings. The molecule has 0 spiro atoms. The molecule has 12 nitrogen and oxygen atoms in total. The van der Waals surface area contributed by atoms with E-state index in [1.165, 1.54) is 25.9 Å². The van der Waals surface area contributed by atoms with Gasteiger partial charge < -0.3 is 9.80 Å². The Hall–Kier alpha value is -3.78. The van der Waals surface area contributed by atoms with E-state index >= 15 is 0 Å². The molecule has 4 aromatic heterocycles. The molecule has 332 valence electrons. The van der Waals surface area contributed by atoms with E-state index in [9.17, 15) is 0 Å². The van der Waals surface area contributed by atoms with Crippen LogP contribution < -0.4 is 9.80 Å². The first-order valence-corrected chi connectivity index (χ1v) is 24.3. The van der Waals surface area contributed by atoms with Crippen LogP contribution in [0.2, 0.25) is 20.1 Å². The molecule has 2 aromatic carbocycles. The minimum atomic E-state index is -0.154. The van der Waals surface area contributed by atoms with E-state index < -0.39 is 0 Å². The molecule has 6 aromatic rings. The molecule has 8 heterocycles. The molecule has 4 aliphatic rings. The first kappa shape index (κ1) is 43.1. The molecular weight excluding hydrogens is 874 g/mol. The lowest BCUT2D eigenvalue weighted by Gasteiger charge is -2.52. The van der Waals surface area contributed by atoms with Gasteiger partial charge in [-0.2, -0.15) is 10.2 Å². The van der Waals surface area contributed by atoms with Crippen LogP contribution in [-0.2, 0) is 0 Å². The third kappa shape index (κ3) is 8.15. The minimum absolute atomic E-state index is 0.154. The predicted molar refractivity (Wildman–Crippen MR) is 255 cm³/mol. The largest absolute Gasteiger partial charge is 0.355 e. The second-order valence-electron chi connectivity index (χ2n) is 18.6. The van der Waals surface area contributed by atoms with E-state index in [2.05, 4.69) is 51.1 Å². The summed E-state index contributed by atoms with van der Waals surface area (Å²) in [4.78, 5) is 30.7. The highest BCUT2D eigenvalue weighted by atomic mass is 35.5. The van der Waals surface area contributed by atoms with E-state index in [1.807, 2.05) is 55.2 Å². The molecule has 4 aliphatic heterocycles. The summed E-state index contributed by atoms with van der Waals surface area (Å²) in [7, 11) is 0. The van der Waals surface area contributed by atoms with Gasteiger partial charge in [0.1, 0.15) is 22.7 Å². The second kappa shape index (κ2) is 17.5. The van der Waals surface area contributed by atoms with Gasteiger partial charge in [-0.25, -0.2) is 29.3 Å². The van der Waals surface area contributed by atoms with Crippen molar-refractivity contribution in [2.24, 2.45) is 11.8 Å². The maximum absolute atomic E-state index is 7.08. The molecule has 63 heavy (non-hydrogen) atoms. The van der Waals surface area contributed by atoms with Crippen molar-refractivity contribution in [2.75, 3.05) is 55.6 Å². The SMILES string of the molecule is Cc1nn(C(C)c2ccc(Cl)cc2Cl)c2nc(N3CCC(N4CCC4CC(c4ccc(Cl)cc4Cl)n4nc(C)c5ncc(N6CC[C@H](N7CCCC7)[C@H](C)C6)nc54)[C@H](C)C3)cnc12. The molecule has 0 N–H and O–H groups in total. The van der Waals surface area contributed by atoms with Gasteiger partial charge in [-0.1, -0.05) is 72.4 Å². The van der Waals surface area contributed by atoms with Crippen molar-refractivity contribution in [3.05, 3.63) is 91.4 Å².